The fourth-order valence-corrected chi connectivity index (χ4v) is 4.05. The van der Waals surface area contributed by atoms with Gasteiger partial charge >= 0.3 is 0 Å². The van der Waals surface area contributed by atoms with Crippen molar-refractivity contribution in [2.75, 3.05) is 19.5 Å². The zero-order valence-corrected chi connectivity index (χ0v) is 13.2. The number of thioether (sulfide) groups is 1. The van der Waals surface area contributed by atoms with Gasteiger partial charge in [-0.25, -0.2) is 0 Å². The van der Waals surface area contributed by atoms with Crippen LogP contribution in [-0.4, -0.2) is 31.6 Å². The summed E-state index contributed by atoms with van der Waals surface area (Å²) >= 11 is 1.90. The first kappa shape index (κ1) is 15.7. The molecule has 20 heavy (non-hydrogen) atoms. The van der Waals surface area contributed by atoms with Crippen LogP contribution in [0.2, 0.25) is 0 Å². The molecule has 1 aliphatic heterocycles. The van der Waals surface area contributed by atoms with Gasteiger partial charge in [-0.05, 0) is 25.3 Å². The third-order valence-electron chi connectivity index (χ3n) is 3.79. The van der Waals surface area contributed by atoms with Crippen LogP contribution >= 0.6 is 11.8 Å². The molecule has 112 valence electrons. The fraction of sp³-hybridized carbons (Fsp3) is 0.625. The Labute approximate surface area is 126 Å². The molecule has 0 amide bonds. The van der Waals surface area contributed by atoms with Crippen molar-refractivity contribution in [1.29, 1.82) is 0 Å². The second kappa shape index (κ2) is 7.91. The molecule has 1 heterocycles. The normalized spacial score (nSPS) is 21.6. The first-order chi connectivity index (χ1) is 9.76. The standard InChI is InChI=1S/C16H25NO2S/c1-3-14(17)16(20-11-12-7-6-10-19-12)13-8-4-5-9-15(13)18-2/h4-5,8-9,12,14,16H,3,6-7,10-11,17H2,1-2H3. The highest BCUT2D eigenvalue weighted by atomic mass is 32.2. The van der Waals surface area contributed by atoms with Gasteiger partial charge in [-0.1, -0.05) is 25.1 Å². The topological polar surface area (TPSA) is 44.5 Å². The van der Waals surface area contributed by atoms with E-state index in [1.807, 2.05) is 23.9 Å². The van der Waals surface area contributed by atoms with E-state index in [0.29, 0.717) is 6.10 Å². The largest absolute Gasteiger partial charge is 0.496 e. The minimum absolute atomic E-state index is 0.137. The lowest BCUT2D eigenvalue weighted by atomic mass is 10.0. The Bertz CT molecular complexity index is 407. The lowest BCUT2D eigenvalue weighted by Gasteiger charge is -2.25. The van der Waals surface area contributed by atoms with Gasteiger partial charge in [0.2, 0.25) is 0 Å². The summed E-state index contributed by atoms with van der Waals surface area (Å²) in [5.41, 5.74) is 7.54. The van der Waals surface area contributed by atoms with E-state index < -0.39 is 0 Å². The number of nitrogens with two attached hydrogens (primary N) is 1. The van der Waals surface area contributed by atoms with E-state index in [1.165, 1.54) is 18.4 Å². The second-order valence-corrected chi connectivity index (χ2v) is 6.38. The lowest BCUT2D eigenvalue weighted by molar-refractivity contribution is 0.128. The lowest BCUT2D eigenvalue weighted by Crippen LogP contribution is -2.27. The van der Waals surface area contributed by atoms with Crippen LogP contribution in [0.4, 0.5) is 0 Å². The average Bonchev–Trinajstić information content (AvgIpc) is 3.01. The van der Waals surface area contributed by atoms with Crippen molar-refractivity contribution >= 4 is 11.8 Å². The molecule has 1 aromatic carbocycles. The maximum atomic E-state index is 6.34. The zero-order valence-electron chi connectivity index (χ0n) is 12.4. The molecule has 4 heteroatoms. The van der Waals surface area contributed by atoms with Crippen LogP contribution in [0.3, 0.4) is 0 Å². The first-order valence-electron chi connectivity index (χ1n) is 7.38. The SMILES string of the molecule is CCC(N)C(SCC1CCCO1)c1ccccc1OC. The Morgan fingerprint density at radius 3 is 2.90 bits per heavy atom. The minimum Gasteiger partial charge on any atom is -0.496 e. The molecular weight excluding hydrogens is 270 g/mol. The molecule has 3 nitrogen and oxygen atoms in total. The first-order valence-corrected chi connectivity index (χ1v) is 8.42. The number of benzene rings is 1. The number of hydrogen-bond donors (Lipinski definition) is 1. The van der Waals surface area contributed by atoms with E-state index in [0.717, 1.165) is 24.5 Å². The van der Waals surface area contributed by atoms with E-state index >= 15 is 0 Å². The summed E-state index contributed by atoms with van der Waals surface area (Å²) in [6.07, 6.45) is 3.71. The molecule has 0 radical (unpaired) electrons. The van der Waals surface area contributed by atoms with Crippen LogP contribution in [0, 0.1) is 0 Å². The Hall–Kier alpha value is -0.710. The van der Waals surface area contributed by atoms with E-state index in [9.17, 15) is 0 Å². The number of methoxy groups -OCH3 is 1. The molecule has 0 spiro atoms. The zero-order chi connectivity index (χ0) is 14.4. The Morgan fingerprint density at radius 1 is 1.45 bits per heavy atom. The van der Waals surface area contributed by atoms with Crippen LogP contribution in [0.15, 0.2) is 24.3 Å². The fourth-order valence-electron chi connectivity index (χ4n) is 2.55. The smallest absolute Gasteiger partial charge is 0.123 e. The average molecular weight is 295 g/mol. The molecule has 2 rings (SSSR count). The highest BCUT2D eigenvalue weighted by molar-refractivity contribution is 7.99. The monoisotopic (exact) mass is 295 g/mol. The molecule has 0 aromatic heterocycles. The summed E-state index contributed by atoms with van der Waals surface area (Å²) in [6, 6.07) is 8.33. The van der Waals surface area contributed by atoms with Crippen molar-refractivity contribution < 1.29 is 9.47 Å². The molecule has 0 saturated carbocycles. The highest BCUT2D eigenvalue weighted by Crippen LogP contribution is 2.38. The van der Waals surface area contributed by atoms with Gasteiger partial charge in [-0.15, -0.1) is 11.8 Å². The van der Waals surface area contributed by atoms with E-state index in [1.54, 1.807) is 7.11 Å². The minimum atomic E-state index is 0.137. The van der Waals surface area contributed by atoms with Gasteiger partial charge in [-0.2, -0.15) is 0 Å². The van der Waals surface area contributed by atoms with Crippen LogP contribution < -0.4 is 10.5 Å². The third-order valence-corrected chi connectivity index (χ3v) is 5.32. The molecule has 3 atom stereocenters. The van der Waals surface area contributed by atoms with Gasteiger partial charge in [0.1, 0.15) is 5.75 Å². The van der Waals surface area contributed by atoms with Gasteiger partial charge in [0.15, 0.2) is 0 Å². The summed E-state index contributed by atoms with van der Waals surface area (Å²) < 4.78 is 11.2. The molecule has 2 N–H and O–H groups in total. The summed E-state index contributed by atoms with van der Waals surface area (Å²) in [4.78, 5) is 0. The van der Waals surface area contributed by atoms with Crippen molar-refractivity contribution in [1.82, 2.24) is 0 Å². The number of rotatable bonds is 7. The highest BCUT2D eigenvalue weighted by Gasteiger charge is 2.25. The van der Waals surface area contributed by atoms with Crippen molar-refractivity contribution in [2.45, 2.75) is 43.6 Å². The van der Waals surface area contributed by atoms with Crippen molar-refractivity contribution in [3.8, 4) is 5.75 Å². The van der Waals surface area contributed by atoms with Crippen molar-refractivity contribution in [3.63, 3.8) is 0 Å². The summed E-state index contributed by atoms with van der Waals surface area (Å²) in [5, 5.41) is 0.264. The van der Waals surface area contributed by atoms with E-state index in [2.05, 4.69) is 19.1 Å². The molecule has 1 fully saturated rings. The van der Waals surface area contributed by atoms with Crippen LogP contribution in [0.25, 0.3) is 0 Å². The molecule has 1 aliphatic rings. The molecule has 0 bridgehead atoms. The molecule has 0 aliphatic carbocycles. The summed E-state index contributed by atoms with van der Waals surface area (Å²) in [5.74, 6) is 1.94. The quantitative estimate of drug-likeness (QED) is 0.837. The van der Waals surface area contributed by atoms with Crippen LogP contribution in [0.5, 0.6) is 5.75 Å². The van der Waals surface area contributed by atoms with Crippen LogP contribution in [-0.2, 0) is 4.74 Å². The van der Waals surface area contributed by atoms with E-state index in [-0.39, 0.29) is 11.3 Å². The van der Waals surface area contributed by atoms with Gasteiger partial charge < -0.3 is 15.2 Å². The molecule has 3 unspecified atom stereocenters. The van der Waals surface area contributed by atoms with Gasteiger partial charge in [0, 0.05) is 29.2 Å². The number of ether oxygens (including phenoxy) is 2. The molecule has 1 saturated heterocycles. The Morgan fingerprint density at radius 2 is 2.25 bits per heavy atom. The molecule has 1 aromatic rings. The Kier molecular flexibility index (Phi) is 6.20. The van der Waals surface area contributed by atoms with Gasteiger partial charge in [-0.3, -0.25) is 0 Å². The Balaban J connectivity index is 2.09. The number of para-hydroxylation sites is 1. The predicted molar refractivity (Wildman–Crippen MR) is 85.4 cm³/mol. The maximum absolute atomic E-state index is 6.34. The summed E-state index contributed by atoms with van der Waals surface area (Å²) in [6.45, 7) is 3.05. The second-order valence-electron chi connectivity index (χ2n) is 5.20. The maximum Gasteiger partial charge on any atom is 0.123 e. The summed E-state index contributed by atoms with van der Waals surface area (Å²) in [7, 11) is 1.72. The number of hydrogen-bond acceptors (Lipinski definition) is 4. The van der Waals surface area contributed by atoms with Crippen molar-refractivity contribution in [2.24, 2.45) is 5.73 Å². The predicted octanol–water partition coefficient (Wildman–Crippen LogP) is 3.39. The van der Waals surface area contributed by atoms with E-state index in [4.69, 9.17) is 15.2 Å². The van der Waals surface area contributed by atoms with Gasteiger partial charge in [0.05, 0.1) is 13.2 Å². The van der Waals surface area contributed by atoms with Gasteiger partial charge in [0.25, 0.3) is 0 Å². The van der Waals surface area contributed by atoms with Crippen molar-refractivity contribution in [3.05, 3.63) is 29.8 Å². The van der Waals surface area contributed by atoms with Crippen LogP contribution in [0.1, 0.15) is 37.0 Å². The molecular formula is C16H25NO2S. The third kappa shape index (κ3) is 3.90.